The number of aryl methyl sites for hydroxylation is 1. The molecule has 0 amide bonds. The number of hydrogen-bond donors (Lipinski definition) is 0. The van der Waals surface area contributed by atoms with Crippen LogP contribution < -0.4 is 9.47 Å². The number of rotatable bonds is 7. The second-order valence-corrected chi connectivity index (χ2v) is 11.6. The van der Waals surface area contributed by atoms with Crippen LogP contribution in [-0.4, -0.2) is 44.1 Å². The van der Waals surface area contributed by atoms with Gasteiger partial charge in [0.15, 0.2) is 0 Å². The van der Waals surface area contributed by atoms with Crippen molar-refractivity contribution in [2.75, 3.05) is 34.3 Å². The van der Waals surface area contributed by atoms with Gasteiger partial charge in [0.2, 0.25) is 0 Å². The molecule has 2 aliphatic rings. The maximum Gasteiger partial charge on any atom is 0.127 e. The summed E-state index contributed by atoms with van der Waals surface area (Å²) in [7, 11) is 6.21. The molecule has 0 aromatic heterocycles. The Morgan fingerprint density at radius 1 is 0.625 bits per heavy atom. The minimum absolute atomic E-state index is 0.369. The van der Waals surface area contributed by atoms with E-state index in [4.69, 9.17) is 9.47 Å². The third-order valence-electron chi connectivity index (χ3n) is 8.84. The van der Waals surface area contributed by atoms with E-state index in [0.29, 0.717) is 12.1 Å². The summed E-state index contributed by atoms with van der Waals surface area (Å²) in [4.78, 5) is 4.95. The topological polar surface area (TPSA) is 24.9 Å². The highest BCUT2D eigenvalue weighted by molar-refractivity contribution is 5.41. The van der Waals surface area contributed by atoms with Gasteiger partial charge in [-0.3, -0.25) is 9.80 Å². The number of nitrogens with zero attached hydrogens (tertiary/aromatic N) is 2. The van der Waals surface area contributed by atoms with Gasteiger partial charge < -0.3 is 9.47 Å². The Labute approximate surface area is 239 Å². The van der Waals surface area contributed by atoms with E-state index in [1.807, 2.05) is 0 Å². The van der Waals surface area contributed by atoms with Gasteiger partial charge in [-0.1, -0.05) is 54.1 Å². The summed E-state index contributed by atoms with van der Waals surface area (Å²) in [6, 6.07) is 31.5. The molecule has 4 aromatic carbocycles. The third-order valence-corrected chi connectivity index (χ3v) is 8.84. The van der Waals surface area contributed by atoms with Gasteiger partial charge in [-0.15, -0.1) is 0 Å². The van der Waals surface area contributed by atoms with E-state index >= 15 is 0 Å². The summed E-state index contributed by atoms with van der Waals surface area (Å²) in [5.41, 5.74) is 9.80. The molecule has 40 heavy (non-hydrogen) atoms. The van der Waals surface area contributed by atoms with Crippen LogP contribution in [-0.2, 0) is 25.7 Å². The Kier molecular flexibility index (Phi) is 7.64. The molecule has 0 unspecified atom stereocenters. The molecule has 0 bridgehead atoms. The van der Waals surface area contributed by atoms with Gasteiger partial charge in [-0.2, -0.15) is 0 Å². The fraction of sp³-hybridized carbons (Fsp3) is 0.333. The zero-order chi connectivity index (χ0) is 27.6. The van der Waals surface area contributed by atoms with Crippen LogP contribution in [0.2, 0.25) is 0 Å². The summed E-state index contributed by atoms with van der Waals surface area (Å²) in [5, 5.41) is 0. The number of likely N-dealkylation sites (N-methyl/N-ethyl adjacent to an activating group) is 2. The summed E-state index contributed by atoms with van der Waals surface area (Å²) >= 11 is 0. The molecular formula is C36H40N2O2. The standard InChI is InChI=1S/C36H40N2O2/c1-25-5-15-33-28(21-25)17-19-37(2)35(33)22-26-6-10-30(11-7-26)40-31-12-8-27(9-13-31)23-36-34-16-14-32(39-4)24-29(34)18-20-38(36)3/h5-16,21,24,35-36H,17-20,22-23H2,1-4H3/t35-,36-/m1/s1. The van der Waals surface area contributed by atoms with E-state index in [-0.39, 0.29) is 0 Å². The smallest absolute Gasteiger partial charge is 0.127 e. The highest BCUT2D eigenvalue weighted by Gasteiger charge is 2.26. The molecule has 6 rings (SSSR count). The van der Waals surface area contributed by atoms with Gasteiger partial charge in [-0.25, -0.2) is 0 Å². The average molecular weight is 533 g/mol. The summed E-state index contributed by atoms with van der Waals surface area (Å²) < 4.78 is 11.7. The minimum Gasteiger partial charge on any atom is -0.497 e. The van der Waals surface area contributed by atoms with Crippen molar-refractivity contribution in [2.24, 2.45) is 0 Å². The number of ether oxygens (including phenoxy) is 2. The predicted octanol–water partition coefficient (Wildman–Crippen LogP) is 7.34. The van der Waals surface area contributed by atoms with E-state index in [2.05, 4.69) is 116 Å². The summed E-state index contributed by atoms with van der Waals surface area (Å²) in [6.07, 6.45) is 4.18. The molecule has 0 saturated heterocycles. The Morgan fingerprint density at radius 3 is 1.62 bits per heavy atom. The molecule has 0 saturated carbocycles. The molecule has 2 heterocycles. The van der Waals surface area contributed by atoms with E-state index in [1.165, 1.54) is 38.9 Å². The molecular weight excluding hydrogens is 492 g/mol. The van der Waals surface area contributed by atoms with Crippen molar-refractivity contribution in [1.82, 2.24) is 9.80 Å². The average Bonchev–Trinajstić information content (AvgIpc) is 2.97. The lowest BCUT2D eigenvalue weighted by atomic mass is 9.88. The van der Waals surface area contributed by atoms with Crippen LogP contribution in [0.25, 0.3) is 0 Å². The number of hydrogen-bond acceptors (Lipinski definition) is 4. The van der Waals surface area contributed by atoms with E-state index < -0.39 is 0 Å². The van der Waals surface area contributed by atoms with Crippen LogP contribution >= 0.6 is 0 Å². The highest BCUT2D eigenvalue weighted by Crippen LogP contribution is 2.35. The lowest BCUT2D eigenvalue weighted by Crippen LogP contribution is -2.33. The fourth-order valence-electron chi connectivity index (χ4n) is 6.41. The van der Waals surface area contributed by atoms with Gasteiger partial charge in [0.25, 0.3) is 0 Å². The van der Waals surface area contributed by atoms with Gasteiger partial charge in [-0.05, 0) is 116 Å². The van der Waals surface area contributed by atoms with Crippen molar-refractivity contribution >= 4 is 0 Å². The van der Waals surface area contributed by atoms with Crippen LogP contribution in [0.15, 0.2) is 84.9 Å². The molecule has 0 N–H and O–H groups in total. The molecule has 2 atom stereocenters. The van der Waals surface area contributed by atoms with Crippen LogP contribution in [0.1, 0.15) is 51.0 Å². The molecule has 0 aliphatic carbocycles. The second kappa shape index (κ2) is 11.5. The van der Waals surface area contributed by atoms with Gasteiger partial charge in [0.1, 0.15) is 17.2 Å². The minimum atomic E-state index is 0.369. The van der Waals surface area contributed by atoms with Crippen LogP contribution in [0, 0.1) is 6.92 Å². The molecule has 0 spiro atoms. The Bertz CT molecular complexity index is 1460. The van der Waals surface area contributed by atoms with Crippen molar-refractivity contribution in [1.29, 1.82) is 0 Å². The number of fused-ring (bicyclic) bond motifs is 2. The first kappa shape index (κ1) is 26.6. The first-order chi connectivity index (χ1) is 19.5. The first-order valence-electron chi connectivity index (χ1n) is 14.5. The maximum absolute atomic E-state index is 6.23. The zero-order valence-corrected chi connectivity index (χ0v) is 24.2. The normalized spacial score (nSPS) is 19.1. The molecule has 4 heteroatoms. The Hall–Kier alpha value is -3.60. The van der Waals surface area contributed by atoms with Crippen molar-refractivity contribution < 1.29 is 9.47 Å². The SMILES string of the molecule is COc1ccc2c(c1)CCN(C)[C@@H]2Cc1ccc(Oc2ccc(C[C@@H]3c4ccc(C)cc4CCN3C)cc2)cc1. The second-order valence-electron chi connectivity index (χ2n) is 11.6. The van der Waals surface area contributed by atoms with E-state index in [0.717, 1.165) is 56.0 Å². The predicted molar refractivity (Wildman–Crippen MR) is 163 cm³/mol. The van der Waals surface area contributed by atoms with E-state index in [1.54, 1.807) is 7.11 Å². The summed E-state index contributed by atoms with van der Waals surface area (Å²) in [6.45, 7) is 4.36. The number of benzene rings is 4. The first-order valence-corrected chi connectivity index (χ1v) is 14.5. The monoisotopic (exact) mass is 532 g/mol. The third kappa shape index (κ3) is 5.65. The van der Waals surface area contributed by atoms with Crippen LogP contribution in [0.3, 0.4) is 0 Å². The van der Waals surface area contributed by atoms with Crippen molar-refractivity contribution in [3.05, 3.63) is 124 Å². The molecule has 0 radical (unpaired) electrons. The molecule has 4 nitrogen and oxygen atoms in total. The van der Waals surface area contributed by atoms with E-state index in [9.17, 15) is 0 Å². The van der Waals surface area contributed by atoms with Gasteiger partial charge in [0.05, 0.1) is 7.11 Å². The Morgan fingerprint density at radius 2 is 1.10 bits per heavy atom. The van der Waals surface area contributed by atoms with Crippen molar-refractivity contribution in [3.8, 4) is 17.2 Å². The van der Waals surface area contributed by atoms with Crippen molar-refractivity contribution in [2.45, 2.75) is 44.7 Å². The number of methoxy groups -OCH3 is 1. The molecule has 4 aromatic rings. The van der Waals surface area contributed by atoms with Crippen LogP contribution in [0.4, 0.5) is 0 Å². The largest absolute Gasteiger partial charge is 0.497 e. The molecule has 0 fully saturated rings. The van der Waals surface area contributed by atoms with Gasteiger partial charge in [0, 0.05) is 25.2 Å². The zero-order valence-electron chi connectivity index (χ0n) is 24.2. The Balaban J connectivity index is 1.10. The highest BCUT2D eigenvalue weighted by atomic mass is 16.5. The maximum atomic E-state index is 6.23. The van der Waals surface area contributed by atoms with Crippen molar-refractivity contribution in [3.63, 3.8) is 0 Å². The molecule has 2 aliphatic heterocycles. The summed E-state index contributed by atoms with van der Waals surface area (Å²) in [5.74, 6) is 2.69. The fourth-order valence-corrected chi connectivity index (χ4v) is 6.41. The molecule has 206 valence electrons. The van der Waals surface area contributed by atoms with Gasteiger partial charge >= 0.3 is 0 Å². The lowest BCUT2D eigenvalue weighted by Gasteiger charge is -2.35. The van der Waals surface area contributed by atoms with Crippen LogP contribution in [0.5, 0.6) is 17.2 Å². The quantitative estimate of drug-likeness (QED) is 0.249. The lowest BCUT2D eigenvalue weighted by molar-refractivity contribution is 0.229.